The average Bonchev–Trinajstić information content (AvgIpc) is 2.26. The van der Waals surface area contributed by atoms with E-state index in [-0.39, 0.29) is 6.10 Å². The van der Waals surface area contributed by atoms with Crippen molar-refractivity contribution in [3.05, 3.63) is 11.1 Å². The molecular weight excluding hydrogens is 210 g/mol. The predicted molar refractivity (Wildman–Crippen MR) is 48.3 cm³/mol. The molecule has 0 unspecified atom stereocenters. The molecule has 0 fully saturated rings. The lowest BCUT2D eigenvalue weighted by molar-refractivity contribution is -0.132. The Morgan fingerprint density at radius 3 is 2.50 bits per heavy atom. The number of aliphatic carboxylic acids is 1. The van der Waals surface area contributed by atoms with Gasteiger partial charge in [0, 0.05) is 0 Å². The van der Waals surface area contributed by atoms with Crippen LogP contribution in [0.2, 0.25) is 0 Å². The van der Waals surface area contributed by atoms with Gasteiger partial charge in [-0.25, -0.2) is 13.2 Å². The minimum atomic E-state index is -3.79. The summed E-state index contributed by atoms with van der Waals surface area (Å²) in [7, 11) is -3.79. The maximum Gasteiger partial charge on any atom is 0.355 e. The fraction of sp³-hybridized carbons (Fsp3) is 0.429. The number of rotatable bonds is 2. The van der Waals surface area contributed by atoms with Crippen LogP contribution in [0, 0.1) is 0 Å². The molecule has 0 saturated heterocycles. The zero-order valence-electron chi connectivity index (χ0n) is 7.59. The second kappa shape index (κ2) is 3.41. The van der Waals surface area contributed by atoms with Gasteiger partial charge in [-0.3, -0.25) is 0 Å². The Kier molecular flexibility index (Phi) is 2.61. The molecule has 78 valence electrons. The molecule has 1 rings (SSSR count). The number of hydrogen-bond donors (Lipinski definition) is 1. The molecule has 1 heterocycles. The third kappa shape index (κ3) is 2.11. The van der Waals surface area contributed by atoms with Crippen molar-refractivity contribution in [2.75, 3.05) is 0 Å². The van der Waals surface area contributed by atoms with E-state index in [1.165, 1.54) is 0 Å². The molecule has 1 aliphatic rings. The lowest BCUT2D eigenvalue weighted by Crippen LogP contribution is -2.17. The predicted octanol–water partition coefficient (Wildman–Crippen LogP) is 0.122. The van der Waals surface area contributed by atoms with Crippen molar-refractivity contribution in [3.8, 4) is 0 Å². The van der Waals surface area contributed by atoms with Gasteiger partial charge in [-0.1, -0.05) is 0 Å². The number of nitrogens with zero attached hydrogens (tertiary/aromatic N) is 1. The minimum absolute atomic E-state index is 0.370. The minimum Gasteiger partial charge on any atom is -0.476 e. The van der Waals surface area contributed by atoms with E-state index in [4.69, 9.17) is 9.84 Å². The topological polar surface area (TPSA) is 93.0 Å². The zero-order valence-corrected chi connectivity index (χ0v) is 8.41. The second-order valence-electron chi connectivity index (χ2n) is 2.90. The Morgan fingerprint density at radius 2 is 2.14 bits per heavy atom. The Labute approximate surface area is 80.8 Å². The number of ether oxygens (including phenoxy) is 1. The Balaban J connectivity index is 3.02. The van der Waals surface area contributed by atoms with Crippen LogP contribution in [0.5, 0.6) is 0 Å². The van der Waals surface area contributed by atoms with Crippen molar-refractivity contribution < 1.29 is 23.1 Å². The molecule has 1 aliphatic heterocycles. The van der Waals surface area contributed by atoms with Gasteiger partial charge in [0.15, 0.2) is 5.70 Å². The van der Waals surface area contributed by atoms with Gasteiger partial charge in [0.2, 0.25) is 0 Å². The molecule has 0 bridgehead atoms. The molecule has 0 spiro atoms. The molecule has 14 heavy (non-hydrogen) atoms. The van der Waals surface area contributed by atoms with E-state index < -0.39 is 26.7 Å². The summed E-state index contributed by atoms with van der Waals surface area (Å²) in [4.78, 5) is 13.8. The quantitative estimate of drug-likeness (QED) is 0.712. The van der Waals surface area contributed by atoms with Gasteiger partial charge in [-0.05, 0) is 13.8 Å². The highest BCUT2D eigenvalue weighted by Crippen LogP contribution is 2.16. The van der Waals surface area contributed by atoms with Crippen molar-refractivity contribution >= 4 is 21.0 Å². The highest BCUT2D eigenvalue weighted by Gasteiger charge is 2.30. The molecule has 0 aromatic heterocycles. The van der Waals surface area contributed by atoms with E-state index in [2.05, 4.69) is 4.99 Å². The molecule has 0 aromatic carbocycles. The van der Waals surface area contributed by atoms with Crippen LogP contribution in [0.15, 0.2) is 16.1 Å². The summed E-state index contributed by atoms with van der Waals surface area (Å²) in [6, 6.07) is 0. The number of hydrogen-bond acceptors (Lipinski definition) is 5. The fourth-order valence-electron chi connectivity index (χ4n) is 0.779. The molecule has 0 amide bonds. The molecule has 6 nitrogen and oxygen atoms in total. The summed E-state index contributed by atoms with van der Waals surface area (Å²) in [6.07, 6.45) is -0.370. The maximum absolute atomic E-state index is 11.2. The number of carbonyl (C=O) groups is 1. The first-order valence-corrected chi connectivity index (χ1v) is 5.33. The van der Waals surface area contributed by atoms with Crippen molar-refractivity contribution in [2.45, 2.75) is 20.0 Å². The molecule has 0 aliphatic carbocycles. The monoisotopic (exact) mass is 219 g/mol. The fourth-order valence-corrected chi connectivity index (χ4v) is 1.88. The Bertz CT molecular complexity index is 417. The largest absolute Gasteiger partial charge is 0.476 e. The second-order valence-corrected chi connectivity index (χ2v) is 4.57. The third-order valence-electron chi connectivity index (χ3n) is 1.28. The Hall–Kier alpha value is -1.37. The normalized spacial score (nSPS) is 19.1. The van der Waals surface area contributed by atoms with E-state index in [0.29, 0.717) is 5.41 Å². The third-order valence-corrected chi connectivity index (χ3v) is 2.49. The van der Waals surface area contributed by atoms with E-state index in [1.54, 1.807) is 13.8 Å². The van der Waals surface area contributed by atoms with Crippen LogP contribution >= 0.6 is 0 Å². The lowest BCUT2D eigenvalue weighted by Gasteiger charge is -2.06. The van der Waals surface area contributed by atoms with Crippen LogP contribution in [0.3, 0.4) is 0 Å². The van der Waals surface area contributed by atoms with Crippen LogP contribution in [0.1, 0.15) is 13.8 Å². The van der Waals surface area contributed by atoms with Crippen LogP contribution in [-0.4, -0.2) is 30.8 Å². The summed E-state index contributed by atoms with van der Waals surface area (Å²) in [6.45, 7) is 3.24. The first-order chi connectivity index (χ1) is 6.33. The highest BCUT2D eigenvalue weighted by molar-refractivity contribution is 8.08. The van der Waals surface area contributed by atoms with Gasteiger partial charge in [0.1, 0.15) is 0 Å². The molecule has 0 aromatic rings. The summed E-state index contributed by atoms with van der Waals surface area (Å²) in [5.74, 6) is -1.39. The summed E-state index contributed by atoms with van der Waals surface area (Å²) in [5, 5.41) is 8.53. The highest BCUT2D eigenvalue weighted by atomic mass is 32.2. The molecule has 0 saturated carbocycles. The van der Waals surface area contributed by atoms with Crippen LogP contribution in [0.25, 0.3) is 0 Å². The smallest absolute Gasteiger partial charge is 0.355 e. The van der Waals surface area contributed by atoms with Gasteiger partial charge in [-0.15, -0.1) is 0 Å². The van der Waals surface area contributed by atoms with E-state index in [9.17, 15) is 13.2 Å². The maximum atomic E-state index is 11.2. The molecular formula is C7H9NO5S. The van der Waals surface area contributed by atoms with Crippen molar-refractivity contribution in [1.82, 2.24) is 0 Å². The van der Waals surface area contributed by atoms with Gasteiger partial charge < -0.3 is 9.84 Å². The number of sulfone groups is 1. The van der Waals surface area contributed by atoms with Crippen LogP contribution < -0.4 is 0 Å². The van der Waals surface area contributed by atoms with Gasteiger partial charge in [0.05, 0.1) is 11.5 Å². The van der Waals surface area contributed by atoms with Gasteiger partial charge in [-0.2, -0.15) is 4.99 Å². The van der Waals surface area contributed by atoms with E-state index in [1.807, 2.05) is 0 Å². The molecule has 1 N–H and O–H groups in total. The summed E-state index contributed by atoms with van der Waals surface area (Å²) >= 11 is 0. The lowest BCUT2D eigenvalue weighted by atomic mass is 10.5. The first kappa shape index (κ1) is 10.7. The van der Waals surface area contributed by atoms with Crippen molar-refractivity contribution in [1.29, 1.82) is 0 Å². The Morgan fingerprint density at radius 1 is 1.57 bits per heavy atom. The molecule has 0 radical (unpaired) electrons. The molecule has 0 atom stereocenters. The standard InChI is InChI=1S/C7H9NO5S/c1-4(2)13-7-8-5(6(9)10)3-14(7,11)12/h3-4H,1-2H3,(H,9,10). The average molecular weight is 219 g/mol. The van der Waals surface area contributed by atoms with Gasteiger partial charge in [0.25, 0.3) is 9.84 Å². The van der Waals surface area contributed by atoms with Gasteiger partial charge >= 0.3 is 11.2 Å². The van der Waals surface area contributed by atoms with Crippen LogP contribution in [0.4, 0.5) is 0 Å². The number of aliphatic imine (C=N–C) groups is 1. The molecule has 7 heteroatoms. The van der Waals surface area contributed by atoms with E-state index >= 15 is 0 Å². The van der Waals surface area contributed by atoms with Crippen LogP contribution in [-0.2, 0) is 19.4 Å². The number of carboxylic acid groups (broad SMARTS) is 1. The zero-order chi connectivity index (χ0) is 10.9. The van der Waals surface area contributed by atoms with E-state index in [0.717, 1.165) is 0 Å². The SMILES string of the molecule is CC(C)OC1=NC(C(=O)O)=CS1(=O)=O. The summed E-state index contributed by atoms with van der Waals surface area (Å²) < 4.78 is 27.3. The van der Waals surface area contributed by atoms with Crippen molar-refractivity contribution in [3.63, 3.8) is 0 Å². The number of carboxylic acids is 1. The first-order valence-electron chi connectivity index (χ1n) is 3.78. The summed E-state index contributed by atoms with van der Waals surface area (Å²) in [5.41, 5.74) is -0.527. The van der Waals surface area contributed by atoms with Crippen molar-refractivity contribution in [2.24, 2.45) is 4.99 Å².